The summed E-state index contributed by atoms with van der Waals surface area (Å²) in [6.07, 6.45) is 3.25. The third-order valence-electron chi connectivity index (χ3n) is 2.39. The molecule has 1 aromatic rings. The molecule has 2 nitrogen and oxygen atoms in total. The van der Waals surface area contributed by atoms with Gasteiger partial charge in [-0.25, -0.2) is 0 Å². The number of hydrogen-bond acceptors (Lipinski definition) is 2. The first-order valence-electron chi connectivity index (χ1n) is 6.40. The fraction of sp³-hybridized carbons (Fsp3) is 0.467. The molecule has 0 aromatic heterocycles. The van der Waals surface area contributed by atoms with Gasteiger partial charge in [0.1, 0.15) is 0 Å². The van der Waals surface area contributed by atoms with E-state index in [9.17, 15) is 8.78 Å². The summed E-state index contributed by atoms with van der Waals surface area (Å²) < 4.78 is 37.8. The van der Waals surface area contributed by atoms with Crippen molar-refractivity contribution in [1.29, 1.82) is 0 Å². The monoisotopic (exact) mass is 270 g/mol. The normalized spacial score (nSPS) is 10.6. The quantitative estimate of drug-likeness (QED) is 0.516. The van der Waals surface area contributed by atoms with E-state index in [1.807, 2.05) is 13.8 Å². The first kappa shape index (κ1) is 15.5. The molecule has 0 aliphatic carbocycles. The minimum Gasteiger partial charge on any atom is -0.490 e. The van der Waals surface area contributed by atoms with E-state index in [1.165, 1.54) is 12.1 Å². The number of ether oxygens (including phenoxy) is 2. The maximum absolute atomic E-state index is 13.7. The highest BCUT2D eigenvalue weighted by molar-refractivity contribution is 5.35. The third kappa shape index (κ3) is 4.89. The van der Waals surface area contributed by atoms with Gasteiger partial charge in [0.15, 0.2) is 11.5 Å². The van der Waals surface area contributed by atoms with Crippen molar-refractivity contribution in [3.63, 3.8) is 0 Å². The number of unbranched alkanes of at least 4 members (excludes halogenated alkanes) is 1. The standard InChI is InChI=1S/C15H20F2O2/c1-4-5-6-9-18-12-7-8-13(15(17)14(12)16)19-10-11(2)3/h4,7-8,11H,1,5-6,9-10H2,2-3H3. The lowest BCUT2D eigenvalue weighted by Crippen LogP contribution is -2.07. The van der Waals surface area contributed by atoms with E-state index in [-0.39, 0.29) is 17.4 Å². The maximum Gasteiger partial charge on any atom is 0.204 e. The average Bonchev–Trinajstić information content (AvgIpc) is 2.38. The predicted molar refractivity (Wildman–Crippen MR) is 71.6 cm³/mol. The van der Waals surface area contributed by atoms with Gasteiger partial charge in [0, 0.05) is 0 Å². The van der Waals surface area contributed by atoms with E-state index in [2.05, 4.69) is 6.58 Å². The van der Waals surface area contributed by atoms with Gasteiger partial charge >= 0.3 is 0 Å². The van der Waals surface area contributed by atoms with E-state index in [1.54, 1.807) is 6.08 Å². The van der Waals surface area contributed by atoms with Crippen LogP contribution < -0.4 is 9.47 Å². The van der Waals surface area contributed by atoms with Crippen LogP contribution in [0.1, 0.15) is 26.7 Å². The van der Waals surface area contributed by atoms with Gasteiger partial charge in [-0.1, -0.05) is 19.9 Å². The average molecular weight is 270 g/mol. The Morgan fingerprint density at radius 1 is 1.16 bits per heavy atom. The molecule has 0 aliphatic heterocycles. The minimum absolute atomic E-state index is 0.0790. The molecule has 0 aliphatic rings. The van der Waals surface area contributed by atoms with Gasteiger partial charge in [0.25, 0.3) is 0 Å². The number of allylic oxidation sites excluding steroid dienone is 1. The summed E-state index contributed by atoms with van der Waals surface area (Å²) in [5.41, 5.74) is 0. The SMILES string of the molecule is C=CCCCOc1ccc(OCC(C)C)c(F)c1F. The zero-order valence-electron chi connectivity index (χ0n) is 11.4. The molecule has 0 unspecified atom stereocenters. The predicted octanol–water partition coefficient (Wildman–Crippen LogP) is 4.34. The zero-order valence-corrected chi connectivity index (χ0v) is 11.4. The maximum atomic E-state index is 13.7. The topological polar surface area (TPSA) is 18.5 Å². The minimum atomic E-state index is -1.00. The molecule has 0 saturated heterocycles. The Morgan fingerprint density at radius 3 is 2.26 bits per heavy atom. The van der Waals surface area contributed by atoms with Crippen molar-refractivity contribution in [3.8, 4) is 11.5 Å². The molecule has 0 N–H and O–H groups in total. The second kappa shape index (κ2) is 7.77. The van der Waals surface area contributed by atoms with Crippen molar-refractivity contribution in [1.82, 2.24) is 0 Å². The highest BCUT2D eigenvalue weighted by Crippen LogP contribution is 2.28. The molecular weight excluding hydrogens is 250 g/mol. The molecule has 1 aromatic carbocycles. The van der Waals surface area contributed by atoms with Crippen LogP contribution in [0.3, 0.4) is 0 Å². The van der Waals surface area contributed by atoms with Crippen molar-refractivity contribution in [2.75, 3.05) is 13.2 Å². The van der Waals surface area contributed by atoms with Crippen molar-refractivity contribution >= 4 is 0 Å². The second-order valence-corrected chi connectivity index (χ2v) is 4.67. The van der Waals surface area contributed by atoms with E-state index in [0.29, 0.717) is 13.2 Å². The van der Waals surface area contributed by atoms with Crippen molar-refractivity contribution in [3.05, 3.63) is 36.4 Å². The van der Waals surface area contributed by atoms with Crippen LogP contribution in [-0.4, -0.2) is 13.2 Å². The second-order valence-electron chi connectivity index (χ2n) is 4.67. The summed E-state index contributed by atoms with van der Waals surface area (Å²) in [6.45, 7) is 8.12. The summed E-state index contributed by atoms with van der Waals surface area (Å²) in [5.74, 6) is -1.91. The fourth-order valence-electron chi connectivity index (χ4n) is 1.40. The number of rotatable bonds is 8. The molecule has 106 valence electrons. The smallest absolute Gasteiger partial charge is 0.204 e. The van der Waals surface area contributed by atoms with Crippen LogP contribution in [0, 0.1) is 17.6 Å². The van der Waals surface area contributed by atoms with Crippen LogP contribution in [0.25, 0.3) is 0 Å². The lowest BCUT2D eigenvalue weighted by atomic mass is 10.2. The van der Waals surface area contributed by atoms with Gasteiger partial charge in [-0.2, -0.15) is 8.78 Å². The molecular formula is C15H20F2O2. The van der Waals surface area contributed by atoms with E-state index >= 15 is 0 Å². The third-order valence-corrected chi connectivity index (χ3v) is 2.39. The molecule has 19 heavy (non-hydrogen) atoms. The largest absolute Gasteiger partial charge is 0.490 e. The Hall–Kier alpha value is -1.58. The Morgan fingerprint density at radius 2 is 1.74 bits per heavy atom. The van der Waals surface area contributed by atoms with Crippen LogP contribution in [0.5, 0.6) is 11.5 Å². The van der Waals surface area contributed by atoms with Crippen LogP contribution in [0.4, 0.5) is 8.78 Å². The van der Waals surface area contributed by atoms with E-state index in [4.69, 9.17) is 9.47 Å². The summed E-state index contributed by atoms with van der Waals surface area (Å²) in [6, 6.07) is 2.78. The van der Waals surface area contributed by atoms with Crippen molar-refractivity contribution < 1.29 is 18.3 Å². The number of halogens is 2. The van der Waals surface area contributed by atoms with E-state index in [0.717, 1.165) is 12.8 Å². The van der Waals surface area contributed by atoms with Gasteiger partial charge < -0.3 is 9.47 Å². The Balaban J connectivity index is 2.65. The van der Waals surface area contributed by atoms with Gasteiger partial charge in [-0.05, 0) is 30.9 Å². The molecule has 0 radical (unpaired) electrons. The number of hydrogen-bond donors (Lipinski definition) is 0. The lowest BCUT2D eigenvalue weighted by Gasteiger charge is -2.12. The summed E-state index contributed by atoms with van der Waals surface area (Å²) in [4.78, 5) is 0. The number of benzene rings is 1. The van der Waals surface area contributed by atoms with Crippen LogP contribution in [0.2, 0.25) is 0 Å². The lowest BCUT2D eigenvalue weighted by molar-refractivity contribution is 0.249. The first-order valence-corrected chi connectivity index (χ1v) is 6.40. The molecule has 0 atom stereocenters. The molecule has 0 fully saturated rings. The van der Waals surface area contributed by atoms with Crippen LogP contribution in [-0.2, 0) is 0 Å². The molecule has 0 bridgehead atoms. The molecule has 4 heteroatoms. The molecule has 0 spiro atoms. The van der Waals surface area contributed by atoms with Crippen molar-refractivity contribution in [2.45, 2.75) is 26.7 Å². The van der Waals surface area contributed by atoms with Gasteiger partial charge in [0.2, 0.25) is 11.6 Å². The Labute approximate surface area is 113 Å². The molecule has 0 heterocycles. The highest BCUT2D eigenvalue weighted by Gasteiger charge is 2.15. The fourth-order valence-corrected chi connectivity index (χ4v) is 1.40. The highest BCUT2D eigenvalue weighted by atomic mass is 19.2. The Kier molecular flexibility index (Phi) is 6.33. The zero-order chi connectivity index (χ0) is 14.3. The van der Waals surface area contributed by atoms with Gasteiger partial charge in [-0.3, -0.25) is 0 Å². The molecule has 0 amide bonds. The van der Waals surface area contributed by atoms with Crippen LogP contribution >= 0.6 is 0 Å². The van der Waals surface area contributed by atoms with E-state index < -0.39 is 11.6 Å². The van der Waals surface area contributed by atoms with Gasteiger partial charge in [0.05, 0.1) is 13.2 Å². The summed E-state index contributed by atoms with van der Waals surface area (Å²) in [7, 11) is 0. The van der Waals surface area contributed by atoms with Gasteiger partial charge in [-0.15, -0.1) is 6.58 Å². The Bertz CT molecular complexity index is 417. The van der Waals surface area contributed by atoms with Crippen LogP contribution in [0.15, 0.2) is 24.8 Å². The summed E-state index contributed by atoms with van der Waals surface area (Å²) >= 11 is 0. The summed E-state index contributed by atoms with van der Waals surface area (Å²) in [5, 5.41) is 0. The molecule has 0 saturated carbocycles. The first-order chi connectivity index (χ1) is 9.06. The molecule has 1 rings (SSSR count). The van der Waals surface area contributed by atoms with Crippen molar-refractivity contribution in [2.24, 2.45) is 5.92 Å².